The first kappa shape index (κ1) is 14.3. The maximum absolute atomic E-state index is 4.33. The number of alkyl halides is 1. The fraction of sp³-hybridized carbons (Fsp3) is 0.438. The number of imidazole rings is 1. The molecule has 1 aromatic heterocycles. The van der Waals surface area contributed by atoms with E-state index in [0.717, 1.165) is 12.2 Å². The zero-order chi connectivity index (χ0) is 13.7. The molecular formula is C16H21BrN2. The number of nitrogens with one attached hydrogen (secondary N) is 1. The molecule has 0 saturated heterocycles. The number of aromatic nitrogens is 2. The van der Waals surface area contributed by atoms with Crippen molar-refractivity contribution in [1.29, 1.82) is 0 Å². The molecule has 0 aliphatic heterocycles. The molecule has 1 N–H and O–H groups in total. The molecule has 0 bridgehead atoms. The summed E-state index contributed by atoms with van der Waals surface area (Å²) in [6.45, 7) is 4.58. The van der Waals surface area contributed by atoms with Crippen molar-refractivity contribution in [2.75, 3.05) is 0 Å². The Bertz CT molecular complexity index is 467. The Labute approximate surface area is 123 Å². The Morgan fingerprint density at radius 3 is 2.58 bits per heavy atom. The fourth-order valence-electron chi connectivity index (χ4n) is 2.54. The van der Waals surface area contributed by atoms with Crippen LogP contribution in [0.1, 0.15) is 37.6 Å². The molecule has 3 atom stereocenters. The maximum atomic E-state index is 4.33. The first-order valence-electron chi connectivity index (χ1n) is 6.89. The Hall–Kier alpha value is -1.09. The summed E-state index contributed by atoms with van der Waals surface area (Å²) in [5, 5.41) is 0. The van der Waals surface area contributed by atoms with Gasteiger partial charge in [0.2, 0.25) is 0 Å². The smallest absolute Gasteiger partial charge is 0.107 e. The van der Waals surface area contributed by atoms with E-state index in [-0.39, 0.29) is 0 Å². The number of rotatable bonds is 6. The summed E-state index contributed by atoms with van der Waals surface area (Å²) in [5.41, 5.74) is 1.41. The van der Waals surface area contributed by atoms with Gasteiger partial charge in [-0.25, -0.2) is 4.98 Å². The van der Waals surface area contributed by atoms with Gasteiger partial charge in [-0.15, -0.1) is 0 Å². The summed E-state index contributed by atoms with van der Waals surface area (Å²) in [6, 6.07) is 10.8. The van der Waals surface area contributed by atoms with Crippen molar-refractivity contribution in [3.05, 3.63) is 54.1 Å². The van der Waals surface area contributed by atoms with Crippen LogP contribution in [0.3, 0.4) is 0 Å². The highest BCUT2D eigenvalue weighted by atomic mass is 79.9. The van der Waals surface area contributed by atoms with Crippen molar-refractivity contribution < 1.29 is 0 Å². The number of halogens is 1. The Balaban J connectivity index is 2.18. The largest absolute Gasteiger partial charge is 0.349 e. The van der Waals surface area contributed by atoms with Gasteiger partial charge in [0.25, 0.3) is 0 Å². The predicted molar refractivity (Wildman–Crippen MR) is 83.6 cm³/mol. The van der Waals surface area contributed by atoms with Crippen LogP contribution in [-0.2, 0) is 6.42 Å². The Kier molecular flexibility index (Phi) is 5.20. The minimum absolute atomic E-state index is 0.399. The highest BCUT2D eigenvalue weighted by Crippen LogP contribution is 2.35. The van der Waals surface area contributed by atoms with E-state index < -0.39 is 0 Å². The zero-order valence-corrected chi connectivity index (χ0v) is 13.1. The first-order chi connectivity index (χ1) is 9.22. The molecule has 0 saturated carbocycles. The van der Waals surface area contributed by atoms with Crippen LogP contribution in [0.15, 0.2) is 42.7 Å². The number of aromatic amines is 1. The first-order valence-corrected chi connectivity index (χ1v) is 7.81. The molecule has 3 unspecified atom stereocenters. The normalized spacial score (nSPS) is 15.9. The second-order valence-electron chi connectivity index (χ2n) is 5.08. The van der Waals surface area contributed by atoms with Gasteiger partial charge in [0.05, 0.1) is 0 Å². The van der Waals surface area contributed by atoms with Gasteiger partial charge in [-0.3, -0.25) is 0 Å². The summed E-state index contributed by atoms with van der Waals surface area (Å²) < 4.78 is 0. The third-order valence-corrected chi connectivity index (χ3v) is 4.67. The van der Waals surface area contributed by atoms with Gasteiger partial charge >= 0.3 is 0 Å². The molecule has 1 aromatic carbocycles. The van der Waals surface area contributed by atoms with Crippen molar-refractivity contribution in [3.8, 4) is 0 Å². The molecule has 19 heavy (non-hydrogen) atoms. The summed E-state index contributed by atoms with van der Waals surface area (Å²) in [6.07, 6.45) is 5.81. The second kappa shape index (κ2) is 6.90. The van der Waals surface area contributed by atoms with Crippen molar-refractivity contribution in [2.45, 2.75) is 37.4 Å². The SMILES string of the molecule is CCC(C)C(c1ccccc1)C(Br)Cc1ncc[nH]1. The number of hydrogen-bond donors (Lipinski definition) is 1. The topological polar surface area (TPSA) is 28.7 Å². The molecule has 0 spiro atoms. The molecule has 1 heterocycles. The molecule has 102 valence electrons. The lowest BCUT2D eigenvalue weighted by molar-refractivity contribution is 0.432. The molecule has 2 rings (SSSR count). The summed E-state index contributed by atoms with van der Waals surface area (Å²) in [5.74, 6) is 2.20. The molecule has 0 aliphatic carbocycles. The van der Waals surface area contributed by atoms with Gasteiger partial charge in [-0.1, -0.05) is 66.5 Å². The van der Waals surface area contributed by atoms with Crippen LogP contribution in [0.5, 0.6) is 0 Å². The number of benzene rings is 1. The molecule has 2 nitrogen and oxygen atoms in total. The average Bonchev–Trinajstić information content (AvgIpc) is 2.93. The van der Waals surface area contributed by atoms with E-state index in [4.69, 9.17) is 0 Å². The third-order valence-electron chi connectivity index (χ3n) is 3.77. The van der Waals surface area contributed by atoms with E-state index in [1.165, 1.54) is 12.0 Å². The van der Waals surface area contributed by atoms with E-state index in [9.17, 15) is 0 Å². The van der Waals surface area contributed by atoms with Crippen LogP contribution in [0, 0.1) is 5.92 Å². The molecule has 2 aromatic rings. The van der Waals surface area contributed by atoms with E-state index >= 15 is 0 Å². The monoisotopic (exact) mass is 320 g/mol. The summed E-state index contributed by atoms with van der Waals surface area (Å²) in [4.78, 5) is 7.92. The molecule has 0 aliphatic rings. The molecule has 0 fully saturated rings. The predicted octanol–water partition coefficient (Wildman–Crippen LogP) is 4.55. The van der Waals surface area contributed by atoms with Crippen LogP contribution < -0.4 is 0 Å². The summed E-state index contributed by atoms with van der Waals surface area (Å²) >= 11 is 3.88. The lowest BCUT2D eigenvalue weighted by atomic mass is 9.82. The van der Waals surface area contributed by atoms with Gasteiger partial charge in [0.1, 0.15) is 5.82 Å². The standard InChI is InChI=1S/C16H21BrN2/c1-3-12(2)16(13-7-5-4-6-8-13)14(17)11-15-18-9-10-19-15/h4-10,12,14,16H,3,11H2,1-2H3,(H,18,19). The van der Waals surface area contributed by atoms with Crippen molar-refractivity contribution >= 4 is 15.9 Å². The molecule has 3 heteroatoms. The highest BCUT2D eigenvalue weighted by molar-refractivity contribution is 9.09. The van der Waals surface area contributed by atoms with Gasteiger partial charge in [-0.2, -0.15) is 0 Å². The highest BCUT2D eigenvalue weighted by Gasteiger charge is 2.26. The third kappa shape index (κ3) is 3.69. The molecular weight excluding hydrogens is 300 g/mol. The van der Waals surface area contributed by atoms with Crippen LogP contribution in [0.2, 0.25) is 0 Å². The van der Waals surface area contributed by atoms with Crippen molar-refractivity contribution in [3.63, 3.8) is 0 Å². The Morgan fingerprint density at radius 2 is 2.00 bits per heavy atom. The van der Waals surface area contributed by atoms with Crippen LogP contribution in [0.25, 0.3) is 0 Å². The van der Waals surface area contributed by atoms with Gasteiger partial charge < -0.3 is 4.98 Å². The molecule has 0 amide bonds. The minimum Gasteiger partial charge on any atom is -0.349 e. The minimum atomic E-state index is 0.399. The van der Waals surface area contributed by atoms with E-state index in [1.807, 2.05) is 12.4 Å². The van der Waals surface area contributed by atoms with Crippen LogP contribution >= 0.6 is 15.9 Å². The number of hydrogen-bond acceptors (Lipinski definition) is 1. The van der Waals surface area contributed by atoms with Crippen molar-refractivity contribution in [2.24, 2.45) is 5.92 Å². The number of nitrogens with zero attached hydrogens (tertiary/aromatic N) is 1. The van der Waals surface area contributed by atoms with Crippen molar-refractivity contribution in [1.82, 2.24) is 9.97 Å². The van der Waals surface area contributed by atoms with Crippen LogP contribution in [0.4, 0.5) is 0 Å². The lowest BCUT2D eigenvalue weighted by Gasteiger charge is -2.28. The number of H-pyrrole nitrogens is 1. The Morgan fingerprint density at radius 1 is 1.26 bits per heavy atom. The average molecular weight is 321 g/mol. The molecule has 0 radical (unpaired) electrons. The van der Waals surface area contributed by atoms with E-state index in [2.05, 4.69) is 70.1 Å². The quantitative estimate of drug-likeness (QED) is 0.777. The maximum Gasteiger partial charge on any atom is 0.107 e. The van der Waals surface area contributed by atoms with Gasteiger partial charge in [-0.05, 0) is 17.4 Å². The second-order valence-corrected chi connectivity index (χ2v) is 6.25. The lowest BCUT2D eigenvalue weighted by Crippen LogP contribution is -2.22. The van der Waals surface area contributed by atoms with Gasteiger partial charge in [0.15, 0.2) is 0 Å². The fourth-order valence-corrected chi connectivity index (χ4v) is 3.68. The van der Waals surface area contributed by atoms with Crippen LogP contribution in [-0.4, -0.2) is 14.8 Å². The van der Waals surface area contributed by atoms with E-state index in [1.54, 1.807) is 0 Å². The van der Waals surface area contributed by atoms with E-state index in [0.29, 0.717) is 16.7 Å². The summed E-state index contributed by atoms with van der Waals surface area (Å²) in [7, 11) is 0. The zero-order valence-electron chi connectivity index (χ0n) is 11.5. The van der Waals surface area contributed by atoms with Gasteiger partial charge in [0, 0.05) is 23.6 Å².